The van der Waals surface area contributed by atoms with Gasteiger partial charge in [0.15, 0.2) is 0 Å². The molecule has 1 aliphatic rings. The molecule has 0 unspecified atom stereocenters. The second-order valence-electron chi connectivity index (χ2n) is 10.4. The quantitative estimate of drug-likeness (QED) is 0.466. The van der Waals surface area contributed by atoms with Crippen molar-refractivity contribution in [3.05, 3.63) is 0 Å². The molecule has 1 aliphatic heterocycles. The van der Waals surface area contributed by atoms with Crippen LogP contribution >= 0.6 is 0 Å². The summed E-state index contributed by atoms with van der Waals surface area (Å²) in [5, 5.41) is 3.83. The van der Waals surface area contributed by atoms with E-state index in [9.17, 15) is 0 Å². The number of hydrogen-bond acceptors (Lipinski definition) is 2. The van der Waals surface area contributed by atoms with Crippen LogP contribution in [0.5, 0.6) is 0 Å². The zero-order valence-electron chi connectivity index (χ0n) is 18.6. The SMILES string of the molecule is CC[N+](CC)(CCN)CCCC[N+](C)(C)C1CC(C)(C)NC(C)(C)C1. The summed E-state index contributed by atoms with van der Waals surface area (Å²) in [7, 11) is 4.90. The summed E-state index contributed by atoms with van der Waals surface area (Å²) in [5.74, 6) is 0. The molecule has 0 amide bonds. The Balaban J connectivity index is 2.57. The van der Waals surface area contributed by atoms with Gasteiger partial charge in [-0.3, -0.25) is 0 Å². The Morgan fingerprint density at radius 3 is 1.80 bits per heavy atom. The van der Waals surface area contributed by atoms with Gasteiger partial charge in [0.25, 0.3) is 0 Å². The van der Waals surface area contributed by atoms with Gasteiger partial charge in [0, 0.05) is 43.3 Å². The molecule has 0 atom stereocenters. The molecule has 0 spiro atoms. The molecule has 0 aromatic heterocycles. The Hall–Kier alpha value is -0.160. The van der Waals surface area contributed by atoms with Crippen LogP contribution in [0, 0.1) is 0 Å². The van der Waals surface area contributed by atoms with Gasteiger partial charge in [0.05, 0.1) is 52.9 Å². The predicted octanol–water partition coefficient (Wildman–Crippen LogP) is 2.97. The summed E-state index contributed by atoms with van der Waals surface area (Å²) in [4.78, 5) is 0. The molecule has 150 valence electrons. The second-order valence-corrected chi connectivity index (χ2v) is 10.4. The maximum Gasteiger partial charge on any atom is 0.0921 e. The molecule has 0 saturated carbocycles. The monoisotopic (exact) mass is 356 g/mol. The number of hydrogen-bond donors (Lipinski definition) is 2. The van der Waals surface area contributed by atoms with Gasteiger partial charge in [-0.15, -0.1) is 0 Å². The van der Waals surface area contributed by atoms with Gasteiger partial charge in [-0.2, -0.15) is 0 Å². The average molecular weight is 357 g/mol. The molecule has 0 aromatic carbocycles. The lowest BCUT2D eigenvalue weighted by Gasteiger charge is -2.51. The molecule has 1 fully saturated rings. The molecule has 4 nitrogen and oxygen atoms in total. The second kappa shape index (κ2) is 8.69. The van der Waals surface area contributed by atoms with Crippen LogP contribution in [0.1, 0.15) is 67.2 Å². The van der Waals surface area contributed by atoms with Crippen LogP contribution < -0.4 is 11.1 Å². The van der Waals surface area contributed by atoms with Gasteiger partial charge in [-0.1, -0.05) is 0 Å². The zero-order chi connectivity index (χ0) is 19.4. The molecule has 0 radical (unpaired) electrons. The van der Waals surface area contributed by atoms with E-state index in [0.29, 0.717) is 0 Å². The number of quaternary nitrogens is 2. The van der Waals surface area contributed by atoms with Gasteiger partial charge < -0.3 is 20.0 Å². The van der Waals surface area contributed by atoms with Crippen LogP contribution in [0.15, 0.2) is 0 Å². The van der Waals surface area contributed by atoms with Crippen LogP contribution in [0.25, 0.3) is 0 Å². The van der Waals surface area contributed by atoms with Crippen molar-refractivity contribution >= 4 is 0 Å². The number of nitrogens with two attached hydrogens (primary N) is 1. The predicted molar refractivity (Wildman–Crippen MR) is 111 cm³/mol. The molecule has 0 aromatic rings. The topological polar surface area (TPSA) is 38.0 Å². The van der Waals surface area contributed by atoms with Crippen LogP contribution in [-0.4, -0.2) is 79.4 Å². The lowest BCUT2D eigenvalue weighted by Crippen LogP contribution is -2.65. The molecule has 1 heterocycles. The fraction of sp³-hybridized carbons (Fsp3) is 1.00. The number of rotatable bonds is 10. The molecule has 25 heavy (non-hydrogen) atoms. The van der Waals surface area contributed by atoms with Gasteiger partial charge in [-0.05, 0) is 41.5 Å². The third-order valence-electron chi connectivity index (χ3n) is 6.72. The maximum absolute atomic E-state index is 5.86. The standard InChI is InChI=1S/C21H48N4/c1-9-25(10-2,16-13-22)15-12-11-14-24(7,8)19-17-20(3,4)23-21(5,6)18-19/h19,23H,9-18,22H2,1-8H3/q+2. The summed E-state index contributed by atoms with van der Waals surface area (Å²) in [5.41, 5.74) is 6.33. The third kappa shape index (κ3) is 6.82. The molecule has 4 heteroatoms. The normalized spacial score (nSPS) is 21.5. The first kappa shape index (κ1) is 22.9. The number of nitrogens with zero attached hydrogens (tertiary/aromatic N) is 2. The van der Waals surface area contributed by atoms with E-state index in [1.54, 1.807) is 0 Å². The first-order valence-electron chi connectivity index (χ1n) is 10.6. The summed E-state index contributed by atoms with van der Waals surface area (Å²) in [6.07, 6.45) is 5.17. The highest BCUT2D eigenvalue weighted by Crippen LogP contribution is 2.33. The lowest BCUT2D eigenvalue weighted by atomic mass is 9.78. The molecule has 1 rings (SSSR count). The maximum atomic E-state index is 5.86. The smallest absolute Gasteiger partial charge is 0.0921 e. The van der Waals surface area contributed by atoms with Crippen molar-refractivity contribution < 1.29 is 8.97 Å². The molecule has 0 bridgehead atoms. The Morgan fingerprint density at radius 2 is 1.36 bits per heavy atom. The highest BCUT2D eigenvalue weighted by atomic mass is 15.4. The minimum atomic E-state index is 0.236. The minimum absolute atomic E-state index is 0.236. The average Bonchev–Trinajstić information content (AvgIpc) is 2.47. The largest absolute Gasteiger partial charge is 0.326 e. The summed E-state index contributed by atoms with van der Waals surface area (Å²) in [6, 6.07) is 0.742. The molecular formula is C21H48N4+2. The third-order valence-corrected chi connectivity index (χ3v) is 6.72. The van der Waals surface area contributed by atoms with Crippen molar-refractivity contribution in [2.75, 3.05) is 53.4 Å². The van der Waals surface area contributed by atoms with E-state index in [4.69, 9.17) is 5.73 Å². The first-order chi connectivity index (χ1) is 11.4. The fourth-order valence-corrected chi connectivity index (χ4v) is 5.15. The molecule has 3 N–H and O–H groups in total. The van der Waals surface area contributed by atoms with Crippen molar-refractivity contribution in [2.45, 2.75) is 84.3 Å². The Bertz CT molecular complexity index is 381. The number of piperidine rings is 1. The van der Waals surface area contributed by atoms with E-state index in [2.05, 4.69) is 61.0 Å². The van der Waals surface area contributed by atoms with Crippen LogP contribution in [0.4, 0.5) is 0 Å². The lowest BCUT2D eigenvalue weighted by molar-refractivity contribution is -0.927. The molecule has 1 saturated heterocycles. The summed E-state index contributed by atoms with van der Waals surface area (Å²) in [6.45, 7) is 21.0. The minimum Gasteiger partial charge on any atom is -0.326 e. The highest BCUT2D eigenvalue weighted by molar-refractivity contribution is 4.97. The van der Waals surface area contributed by atoms with Gasteiger partial charge in [0.2, 0.25) is 0 Å². The number of nitrogens with one attached hydrogen (secondary N) is 1. The van der Waals surface area contributed by atoms with E-state index in [1.165, 1.54) is 56.3 Å². The van der Waals surface area contributed by atoms with Crippen molar-refractivity contribution in [1.29, 1.82) is 0 Å². The van der Waals surface area contributed by atoms with E-state index in [-0.39, 0.29) is 11.1 Å². The first-order valence-corrected chi connectivity index (χ1v) is 10.6. The Kier molecular flexibility index (Phi) is 7.95. The Morgan fingerprint density at radius 1 is 0.880 bits per heavy atom. The molecular weight excluding hydrogens is 308 g/mol. The van der Waals surface area contributed by atoms with Gasteiger partial charge >= 0.3 is 0 Å². The number of likely N-dealkylation sites (N-methyl/N-ethyl adjacent to an activating group) is 1. The summed E-state index contributed by atoms with van der Waals surface area (Å²) < 4.78 is 2.35. The van der Waals surface area contributed by atoms with E-state index >= 15 is 0 Å². The van der Waals surface area contributed by atoms with Gasteiger partial charge in [0.1, 0.15) is 0 Å². The Labute approximate surface area is 158 Å². The van der Waals surface area contributed by atoms with Crippen LogP contribution in [0.3, 0.4) is 0 Å². The van der Waals surface area contributed by atoms with Crippen molar-refractivity contribution in [3.63, 3.8) is 0 Å². The highest BCUT2D eigenvalue weighted by Gasteiger charge is 2.44. The van der Waals surface area contributed by atoms with Gasteiger partial charge in [-0.25, -0.2) is 0 Å². The molecule has 0 aliphatic carbocycles. The van der Waals surface area contributed by atoms with E-state index in [0.717, 1.165) is 23.6 Å². The van der Waals surface area contributed by atoms with Crippen molar-refractivity contribution in [1.82, 2.24) is 5.32 Å². The fourth-order valence-electron chi connectivity index (χ4n) is 5.15. The van der Waals surface area contributed by atoms with Crippen molar-refractivity contribution in [2.24, 2.45) is 5.73 Å². The summed E-state index contributed by atoms with van der Waals surface area (Å²) >= 11 is 0. The number of unbranched alkanes of at least 4 members (excludes halogenated alkanes) is 1. The zero-order valence-corrected chi connectivity index (χ0v) is 18.6. The van der Waals surface area contributed by atoms with Crippen molar-refractivity contribution in [3.8, 4) is 0 Å². The van der Waals surface area contributed by atoms with E-state index in [1.807, 2.05) is 0 Å². The van der Waals surface area contributed by atoms with Crippen LogP contribution in [-0.2, 0) is 0 Å². The van der Waals surface area contributed by atoms with E-state index < -0.39 is 0 Å². The van der Waals surface area contributed by atoms with Crippen LogP contribution in [0.2, 0.25) is 0 Å².